The Morgan fingerprint density at radius 2 is 1.92 bits per heavy atom. The van der Waals surface area contributed by atoms with E-state index < -0.39 is 10.0 Å². The molecule has 13 heavy (non-hydrogen) atoms. The summed E-state index contributed by atoms with van der Waals surface area (Å²) in [6.07, 6.45) is 11.1. The molecule has 2 heteroatoms. The molecule has 4 atom stereocenters. The summed E-state index contributed by atoms with van der Waals surface area (Å²) in [4.78, 5) is 0. The van der Waals surface area contributed by atoms with Crippen LogP contribution in [0.3, 0.4) is 0 Å². The zero-order chi connectivity index (χ0) is 9.64. The van der Waals surface area contributed by atoms with Gasteiger partial charge in [-0.05, 0) is 55.8 Å². The molecule has 0 saturated heterocycles. The van der Waals surface area contributed by atoms with Crippen molar-refractivity contribution < 1.29 is 0 Å². The molecule has 2 aliphatic rings. The average molecular weight is 218 g/mol. The highest BCUT2D eigenvalue weighted by atomic mass is 32.3. The molecule has 0 aromatic heterocycles. The van der Waals surface area contributed by atoms with Gasteiger partial charge in [0.2, 0.25) is 0 Å². The molecular formula is C11H22S2. The Morgan fingerprint density at radius 3 is 2.31 bits per heavy atom. The van der Waals surface area contributed by atoms with Crippen LogP contribution < -0.4 is 0 Å². The Labute approximate surface area is 89.6 Å². The molecule has 0 aromatic rings. The zero-order valence-electron chi connectivity index (χ0n) is 8.99. The summed E-state index contributed by atoms with van der Waals surface area (Å²) in [5, 5.41) is 1.04. The van der Waals surface area contributed by atoms with Gasteiger partial charge in [-0.15, -0.1) is 0 Å². The van der Waals surface area contributed by atoms with Crippen molar-refractivity contribution in [1.82, 2.24) is 0 Å². The number of rotatable bonds is 2. The summed E-state index contributed by atoms with van der Waals surface area (Å²) in [5.41, 5.74) is 0. The van der Waals surface area contributed by atoms with Crippen LogP contribution in [0, 0.1) is 11.8 Å². The van der Waals surface area contributed by atoms with E-state index in [0.717, 1.165) is 17.1 Å². The molecule has 0 aliphatic heterocycles. The molecule has 2 aliphatic carbocycles. The van der Waals surface area contributed by atoms with Crippen LogP contribution in [0.4, 0.5) is 0 Å². The molecule has 0 nitrogen and oxygen atoms in total. The Hall–Kier alpha value is 0.700. The fraction of sp³-hybridized carbons (Fsp3) is 1.00. The van der Waals surface area contributed by atoms with Gasteiger partial charge in [-0.2, -0.15) is 12.6 Å². The Kier molecular flexibility index (Phi) is 2.65. The minimum atomic E-state index is -0.443. The van der Waals surface area contributed by atoms with E-state index in [1.54, 1.807) is 6.42 Å². The first kappa shape index (κ1) is 10.2. The van der Waals surface area contributed by atoms with E-state index in [9.17, 15) is 0 Å². The molecule has 78 valence electrons. The predicted octanol–water partition coefficient (Wildman–Crippen LogP) is 3.52. The van der Waals surface area contributed by atoms with Crippen LogP contribution >= 0.6 is 22.7 Å². The minimum Gasteiger partial charge on any atom is -0.232 e. The normalized spacial score (nSPS) is 42.3. The first-order chi connectivity index (χ1) is 6.01. The summed E-state index contributed by atoms with van der Waals surface area (Å²) in [6.45, 7) is 2.30. The van der Waals surface area contributed by atoms with Crippen LogP contribution in [0.5, 0.6) is 0 Å². The molecule has 0 radical (unpaired) electrons. The quantitative estimate of drug-likeness (QED) is 0.674. The van der Waals surface area contributed by atoms with Crippen LogP contribution in [0.25, 0.3) is 0 Å². The first-order valence-electron chi connectivity index (χ1n) is 5.41. The van der Waals surface area contributed by atoms with Gasteiger partial charge >= 0.3 is 0 Å². The Morgan fingerprint density at radius 1 is 1.23 bits per heavy atom. The largest absolute Gasteiger partial charge is 0.232 e. The standard InChI is InChI=1S/C11H22S2/c1-8(12)13(2,3)11-7-9-4-5-10(11)6-9/h8-12H,4-7H2,1-3H3. The van der Waals surface area contributed by atoms with E-state index in [-0.39, 0.29) is 0 Å². The zero-order valence-corrected chi connectivity index (χ0v) is 10.7. The molecule has 2 rings (SSSR count). The van der Waals surface area contributed by atoms with Crippen LogP contribution in [-0.4, -0.2) is 22.3 Å². The fourth-order valence-electron chi connectivity index (χ4n) is 3.18. The van der Waals surface area contributed by atoms with Gasteiger partial charge in [-0.1, -0.05) is 6.42 Å². The monoisotopic (exact) mass is 218 g/mol. The predicted molar refractivity (Wildman–Crippen MR) is 67.1 cm³/mol. The van der Waals surface area contributed by atoms with Crippen molar-refractivity contribution in [2.45, 2.75) is 42.4 Å². The lowest BCUT2D eigenvalue weighted by molar-refractivity contribution is 0.488. The summed E-state index contributed by atoms with van der Waals surface area (Å²) >= 11 is 4.68. The van der Waals surface area contributed by atoms with Gasteiger partial charge in [0, 0.05) is 4.58 Å². The van der Waals surface area contributed by atoms with Gasteiger partial charge in [-0.3, -0.25) is 0 Å². The molecule has 0 heterocycles. The summed E-state index contributed by atoms with van der Waals surface area (Å²) < 4.78 is 0.622. The van der Waals surface area contributed by atoms with E-state index >= 15 is 0 Å². The number of hydrogen-bond acceptors (Lipinski definition) is 1. The van der Waals surface area contributed by atoms with Crippen molar-refractivity contribution in [2.24, 2.45) is 11.8 Å². The highest BCUT2D eigenvalue weighted by molar-refractivity contribution is 8.38. The third-order valence-corrected chi connectivity index (χ3v) is 9.86. The van der Waals surface area contributed by atoms with E-state index in [1.165, 1.54) is 19.3 Å². The van der Waals surface area contributed by atoms with Crippen molar-refractivity contribution in [2.75, 3.05) is 12.5 Å². The second-order valence-electron chi connectivity index (χ2n) is 5.30. The first-order valence-corrected chi connectivity index (χ1v) is 8.50. The van der Waals surface area contributed by atoms with Crippen molar-refractivity contribution in [1.29, 1.82) is 0 Å². The van der Waals surface area contributed by atoms with Gasteiger partial charge in [0.05, 0.1) is 0 Å². The van der Waals surface area contributed by atoms with Crippen molar-refractivity contribution in [3.63, 3.8) is 0 Å². The van der Waals surface area contributed by atoms with Crippen molar-refractivity contribution in [3.05, 3.63) is 0 Å². The fourth-order valence-corrected chi connectivity index (χ4v) is 6.17. The Bertz CT molecular complexity index is 198. The second kappa shape index (κ2) is 3.37. The van der Waals surface area contributed by atoms with E-state index in [0.29, 0.717) is 4.58 Å². The van der Waals surface area contributed by atoms with Gasteiger partial charge in [0.15, 0.2) is 0 Å². The summed E-state index contributed by atoms with van der Waals surface area (Å²) in [6, 6.07) is 0. The molecule has 2 fully saturated rings. The van der Waals surface area contributed by atoms with Crippen LogP contribution in [0.1, 0.15) is 32.6 Å². The maximum absolute atomic E-state index is 4.68. The highest BCUT2D eigenvalue weighted by Gasteiger charge is 2.45. The lowest BCUT2D eigenvalue weighted by Crippen LogP contribution is -2.27. The van der Waals surface area contributed by atoms with Gasteiger partial charge in [-0.25, -0.2) is 10.0 Å². The number of thiol groups is 1. The van der Waals surface area contributed by atoms with Gasteiger partial charge in [0.1, 0.15) is 0 Å². The molecule has 4 unspecified atom stereocenters. The lowest BCUT2D eigenvalue weighted by Gasteiger charge is -2.45. The smallest absolute Gasteiger partial charge is 0.0287 e. The molecular weight excluding hydrogens is 196 g/mol. The third kappa shape index (κ3) is 1.65. The van der Waals surface area contributed by atoms with Crippen molar-refractivity contribution >= 4 is 22.7 Å². The topological polar surface area (TPSA) is 0 Å². The molecule has 0 aromatic carbocycles. The summed E-state index contributed by atoms with van der Waals surface area (Å²) in [7, 11) is -0.443. The van der Waals surface area contributed by atoms with E-state index in [1.807, 2.05) is 0 Å². The third-order valence-electron chi connectivity index (χ3n) is 4.33. The Balaban J connectivity index is 2.09. The minimum absolute atomic E-state index is 0.443. The summed E-state index contributed by atoms with van der Waals surface area (Å²) in [5.74, 6) is 2.17. The van der Waals surface area contributed by atoms with E-state index in [4.69, 9.17) is 0 Å². The molecule has 0 amide bonds. The number of fused-ring (bicyclic) bond motifs is 2. The van der Waals surface area contributed by atoms with Crippen LogP contribution in [0.15, 0.2) is 0 Å². The maximum atomic E-state index is 4.68. The van der Waals surface area contributed by atoms with Gasteiger partial charge < -0.3 is 0 Å². The molecule has 2 bridgehead atoms. The second-order valence-corrected chi connectivity index (χ2v) is 10.7. The van der Waals surface area contributed by atoms with Crippen LogP contribution in [0.2, 0.25) is 0 Å². The highest BCUT2D eigenvalue weighted by Crippen LogP contribution is 2.63. The van der Waals surface area contributed by atoms with E-state index in [2.05, 4.69) is 32.1 Å². The van der Waals surface area contributed by atoms with Crippen molar-refractivity contribution in [3.8, 4) is 0 Å². The molecule has 2 saturated carbocycles. The molecule has 0 N–H and O–H groups in total. The lowest BCUT2D eigenvalue weighted by atomic mass is 10.0. The molecule has 0 spiro atoms. The van der Waals surface area contributed by atoms with Crippen LogP contribution in [-0.2, 0) is 0 Å². The van der Waals surface area contributed by atoms with Gasteiger partial charge in [0.25, 0.3) is 0 Å². The SMILES string of the molecule is CC(S)S(C)(C)C1CC2CCC1C2. The maximum Gasteiger partial charge on any atom is 0.0287 e. The average Bonchev–Trinajstić information content (AvgIpc) is 2.63. The number of hydrogen-bond donors (Lipinski definition) is 1.